The zero-order chi connectivity index (χ0) is 13.5. The SMILES string of the molecule is Cc1c(N)nc(C(C)(C)C)nc1-c1cscc1Br. The highest BCUT2D eigenvalue weighted by Gasteiger charge is 2.21. The van der Waals surface area contributed by atoms with Gasteiger partial charge >= 0.3 is 0 Å². The second-order valence-electron chi connectivity index (χ2n) is 5.29. The smallest absolute Gasteiger partial charge is 0.136 e. The molecule has 2 heterocycles. The van der Waals surface area contributed by atoms with Gasteiger partial charge in [-0.3, -0.25) is 0 Å². The molecule has 0 aliphatic heterocycles. The van der Waals surface area contributed by atoms with E-state index in [0.717, 1.165) is 27.1 Å². The van der Waals surface area contributed by atoms with Gasteiger partial charge in [-0.25, -0.2) is 9.97 Å². The third kappa shape index (κ3) is 2.42. The maximum absolute atomic E-state index is 6.01. The van der Waals surface area contributed by atoms with E-state index in [2.05, 4.69) is 47.1 Å². The van der Waals surface area contributed by atoms with Crippen LogP contribution in [0.4, 0.5) is 5.82 Å². The molecule has 2 rings (SSSR count). The summed E-state index contributed by atoms with van der Waals surface area (Å²) in [6.45, 7) is 8.22. The predicted octanol–water partition coefficient (Wildman–Crippen LogP) is 4.16. The van der Waals surface area contributed by atoms with E-state index < -0.39 is 0 Å². The van der Waals surface area contributed by atoms with Crippen LogP contribution in [0.2, 0.25) is 0 Å². The van der Waals surface area contributed by atoms with Crippen molar-refractivity contribution >= 4 is 33.1 Å². The number of nitrogens with two attached hydrogens (primary N) is 1. The molecule has 5 heteroatoms. The maximum atomic E-state index is 6.01. The van der Waals surface area contributed by atoms with E-state index in [1.54, 1.807) is 11.3 Å². The molecule has 96 valence electrons. The molecule has 0 aromatic carbocycles. The van der Waals surface area contributed by atoms with Crippen molar-refractivity contribution in [3.8, 4) is 11.3 Å². The van der Waals surface area contributed by atoms with Crippen LogP contribution in [-0.4, -0.2) is 9.97 Å². The lowest BCUT2D eigenvalue weighted by atomic mass is 9.95. The number of anilines is 1. The monoisotopic (exact) mass is 325 g/mol. The van der Waals surface area contributed by atoms with Crippen molar-refractivity contribution in [1.29, 1.82) is 0 Å². The van der Waals surface area contributed by atoms with Gasteiger partial charge in [0.1, 0.15) is 11.6 Å². The molecule has 0 fully saturated rings. The molecule has 0 bridgehead atoms. The van der Waals surface area contributed by atoms with Crippen LogP contribution in [0.5, 0.6) is 0 Å². The Morgan fingerprint density at radius 2 is 1.89 bits per heavy atom. The van der Waals surface area contributed by atoms with Gasteiger partial charge in [-0.15, -0.1) is 0 Å². The predicted molar refractivity (Wildman–Crippen MR) is 80.9 cm³/mol. The zero-order valence-electron chi connectivity index (χ0n) is 10.9. The van der Waals surface area contributed by atoms with Gasteiger partial charge < -0.3 is 5.73 Å². The van der Waals surface area contributed by atoms with E-state index in [4.69, 9.17) is 10.7 Å². The molecule has 0 unspecified atom stereocenters. The van der Waals surface area contributed by atoms with Crippen LogP contribution in [0.3, 0.4) is 0 Å². The molecule has 0 atom stereocenters. The average Bonchev–Trinajstić information content (AvgIpc) is 2.67. The lowest BCUT2D eigenvalue weighted by Crippen LogP contribution is -2.18. The van der Waals surface area contributed by atoms with E-state index in [1.807, 2.05) is 12.3 Å². The molecular weight excluding hydrogens is 310 g/mol. The minimum atomic E-state index is -0.112. The molecule has 2 N–H and O–H groups in total. The second kappa shape index (κ2) is 4.63. The quantitative estimate of drug-likeness (QED) is 0.856. The van der Waals surface area contributed by atoms with Crippen LogP contribution in [0.1, 0.15) is 32.2 Å². The largest absolute Gasteiger partial charge is 0.383 e. The van der Waals surface area contributed by atoms with Gasteiger partial charge in [0, 0.05) is 31.8 Å². The van der Waals surface area contributed by atoms with Crippen molar-refractivity contribution in [3.63, 3.8) is 0 Å². The van der Waals surface area contributed by atoms with E-state index >= 15 is 0 Å². The van der Waals surface area contributed by atoms with Gasteiger partial charge in [-0.2, -0.15) is 11.3 Å². The highest BCUT2D eigenvalue weighted by atomic mass is 79.9. The summed E-state index contributed by atoms with van der Waals surface area (Å²) in [6.07, 6.45) is 0. The van der Waals surface area contributed by atoms with Crippen molar-refractivity contribution in [2.24, 2.45) is 0 Å². The van der Waals surface area contributed by atoms with Crippen LogP contribution in [-0.2, 0) is 5.41 Å². The second-order valence-corrected chi connectivity index (χ2v) is 6.89. The molecule has 0 aliphatic rings. The number of halogens is 1. The van der Waals surface area contributed by atoms with Crippen LogP contribution in [0.25, 0.3) is 11.3 Å². The molecule has 0 saturated carbocycles. The number of hydrogen-bond donors (Lipinski definition) is 1. The number of aromatic nitrogens is 2. The summed E-state index contributed by atoms with van der Waals surface area (Å²) in [5.41, 5.74) is 8.83. The maximum Gasteiger partial charge on any atom is 0.136 e. The van der Waals surface area contributed by atoms with Gasteiger partial charge in [-0.05, 0) is 22.9 Å². The molecule has 0 radical (unpaired) electrons. The number of hydrogen-bond acceptors (Lipinski definition) is 4. The van der Waals surface area contributed by atoms with E-state index in [9.17, 15) is 0 Å². The molecule has 0 amide bonds. The Morgan fingerprint density at radius 1 is 1.22 bits per heavy atom. The van der Waals surface area contributed by atoms with Crippen LogP contribution in [0.15, 0.2) is 15.2 Å². The first-order chi connectivity index (χ1) is 8.30. The molecular formula is C13H16BrN3S. The van der Waals surface area contributed by atoms with Gasteiger partial charge in [0.15, 0.2) is 0 Å². The lowest BCUT2D eigenvalue weighted by Gasteiger charge is -2.19. The van der Waals surface area contributed by atoms with Gasteiger partial charge in [0.25, 0.3) is 0 Å². The van der Waals surface area contributed by atoms with Crippen LogP contribution in [0, 0.1) is 6.92 Å². The standard InChI is InChI=1S/C13H16BrN3S/c1-7-10(8-5-18-6-9(8)14)16-12(13(2,3)4)17-11(7)15/h5-6H,1-4H3,(H2,15,16,17). The van der Waals surface area contributed by atoms with Gasteiger partial charge in [-0.1, -0.05) is 20.8 Å². The highest BCUT2D eigenvalue weighted by molar-refractivity contribution is 9.10. The first-order valence-corrected chi connectivity index (χ1v) is 7.41. The summed E-state index contributed by atoms with van der Waals surface area (Å²) >= 11 is 5.19. The Kier molecular flexibility index (Phi) is 3.47. The topological polar surface area (TPSA) is 51.8 Å². The summed E-state index contributed by atoms with van der Waals surface area (Å²) < 4.78 is 1.05. The Balaban J connectivity index is 2.68. The highest BCUT2D eigenvalue weighted by Crippen LogP contribution is 2.34. The van der Waals surface area contributed by atoms with Crippen molar-refractivity contribution in [3.05, 3.63) is 26.6 Å². The van der Waals surface area contributed by atoms with E-state index in [0.29, 0.717) is 5.82 Å². The summed E-state index contributed by atoms with van der Waals surface area (Å²) in [5.74, 6) is 1.33. The fraction of sp³-hybridized carbons (Fsp3) is 0.385. The van der Waals surface area contributed by atoms with E-state index in [1.165, 1.54) is 0 Å². The minimum absolute atomic E-state index is 0.112. The molecule has 18 heavy (non-hydrogen) atoms. The number of nitrogen functional groups attached to an aromatic ring is 1. The summed E-state index contributed by atoms with van der Waals surface area (Å²) in [7, 11) is 0. The number of rotatable bonds is 1. The van der Waals surface area contributed by atoms with Crippen LogP contribution >= 0.6 is 27.3 Å². The Morgan fingerprint density at radius 3 is 2.39 bits per heavy atom. The van der Waals surface area contributed by atoms with Gasteiger partial charge in [0.05, 0.1) is 5.69 Å². The summed E-state index contributed by atoms with van der Waals surface area (Å²) in [4.78, 5) is 9.09. The Bertz CT molecular complexity index is 584. The lowest BCUT2D eigenvalue weighted by molar-refractivity contribution is 0.546. The minimum Gasteiger partial charge on any atom is -0.383 e. The molecule has 0 aliphatic carbocycles. The third-order valence-electron chi connectivity index (χ3n) is 2.72. The number of thiophene rings is 1. The van der Waals surface area contributed by atoms with E-state index in [-0.39, 0.29) is 5.41 Å². The van der Waals surface area contributed by atoms with Gasteiger partial charge in [0.2, 0.25) is 0 Å². The third-order valence-corrected chi connectivity index (χ3v) is 4.43. The normalized spacial score (nSPS) is 11.8. The molecule has 2 aromatic rings. The van der Waals surface area contributed by atoms with Crippen LogP contribution < -0.4 is 5.73 Å². The fourth-order valence-corrected chi connectivity index (χ4v) is 3.05. The fourth-order valence-electron chi connectivity index (χ4n) is 1.58. The zero-order valence-corrected chi connectivity index (χ0v) is 13.3. The summed E-state index contributed by atoms with van der Waals surface area (Å²) in [6, 6.07) is 0. The Labute approximate surface area is 120 Å². The first kappa shape index (κ1) is 13.5. The summed E-state index contributed by atoms with van der Waals surface area (Å²) in [5, 5.41) is 4.12. The molecule has 0 spiro atoms. The van der Waals surface area contributed by atoms with Crippen molar-refractivity contribution in [1.82, 2.24) is 9.97 Å². The molecule has 2 aromatic heterocycles. The molecule has 3 nitrogen and oxygen atoms in total. The Hall–Kier alpha value is -0.940. The average molecular weight is 326 g/mol. The van der Waals surface area contributed by atoms with Crippen molar-refractivity contribution in [2.45, 2.75) is 33.1 Å². The molecule has 0 saturated heterocycles. The number of nitrogens with zero attached hydrogens (tertiary/aromatic N) is 2. The van der Waals surface area contributed by atoms with Crippen molar-refractivity contribution in [2.75, 3.05) is 5.73 Å². The van der Waals surface area contributed by atoms with Crippen molar-refractivity contribution < 1.29 is 0 Å². The first-order valence-electron chi connectivity index (χ1n) is 5.67.